The Labute approximate surface area is 256 Å². The number of nitrogens with zero attached hydrogens (tertiary/aromatic N) is 3. The molecule has 228 valence electrons. The Morgan fingerprint density at radius 2 is 2.17 bits per heavy atom. The first kappa shape index (κ1) is 32.2. The summed E-state index contributed by atoms with van der Waals surface area (Å²) in [5.41, 5.74) is 2.72. The predicted octanol–water partition coefficient (Wildman–Crippen LogP) is 6.77. The van der Waals surface area contributed by atoms with Crippen molar-refractivity contribution in [2.45, 2.75) is 75.5 Å². The topological polar surface area (TPSA) is 81.0 Å². The molecule has 11 heteroatoms. The maximum atomic E-state index is 14.1. The summed E-state index contributed by atoms with van der Waals surface area (Å²) in [4.78, 5) is 21.0. The van der Waals surface area contributed by atoms with Crippen LogP contribution in [0.2, 0.25) is 5.02 Å². The molecule has 0 amide bonds. The van der Waals surface area contributed by atoms with Gasteiger partial charge in [-0.25, -0.2) is 8.78 Å². The lowest BCUT2D eigenvalue weighted by atomic mass is 9.90. The van der Waals surface area contributed by atoms with Crippen LogP contribution in [0.1, 0.15) is 63.5 Å². The third-order valence-corrected chi connectivity index (χ3v) is 9.07. The van der Waals surface area contributed by atoms with Gasteiger partial charge < -0.3 is 25.3 Å². The van der Waals surface area contributed by atoms with E-state index in [-0.39, 0.29) is 22.4 Å². The Hall–Kier alpha value is -2.69. The number of hydrogen-bond donors (Lipinski definition) is 2. The summed E-state index contributed by atoms with van der Waals surface area (Å²) in [5, 5.41) is 15.1. The number of thioether (sulfide) groups is 1. The first-order valence-corrected chi connectivity index (χ1v) is 15.8. The van der Waals surface area contributed by atoms with Crippen LogP contribution >= 0.6 is 23.4 Å². The zero-order valence-corrected chi connectivity index (χ0v) is 26.0. The zero-order valence-electron chi connectivity index (χ0n) is 24.4. The van der Waals surface area contributed by atoms with Gasteiger partial charge in [0.2, 0.25) is 0 Å². The third-order valence-electron chi connectivity index (χ3n) is 7.66. The number of unbranched alkanes of at least 4 members (excludes halogenated alkanes) is 2. The highest BCUT2D eigenvalue weighted by Gasteiger charge is 2.42. The number of likely N-dealkylation sites (N-methyl/N-ethyl adjacent to an activating group) is 1. The van der Waals surface area contributed by atoms with Crippen LogP contribution in [-0.2, 0) is 9.53 Å². The lowest BCUT2D eigenvalue weighted by Crippen LogP contribution is -2.45. The molecular formula is C31H40ClF2N5O2S. The molecule has 0 saturated carbocycles. The van der Waals surface area contributed by atoms with Gasteiger partial charge in [0.1, 0.15) is 23.1 Å². The number of esters is 1. The summed E-state index contributed by atoms with van der Waals surface area (Å²) in [6.07, 6.45) is 9.39. The van der Waals surface area contributed by atoms with Gasteiger partial charge in [-0.15, -0.1) is 0 Å². The summed E-state index contributed by atoms with van der Waals surface area (Å²) in [6.45, 7) is 3.00. The molecule has 4 rings (SSSR count). The van der Waals surface area contributed by atoms with Crippen molar-refractivity contribution in [3.63, 3.8) is 0 Å². The van der Waals surface area contributed by atoms with E-state index in [1.54, 1.807) is 30.8 Å². The van der Waals surface area contributed by atoms with Gasteiger partial charge in [-0.3, -0.25) is 9.79 Å². The molecule has 0 aromatic heterocycles. The van der Waals surface area contributed by atoms with Crippen molar-refractivity contribution in [3.05, 3.63) is 69.6 Å². The molecule has 1 aromatic carbocycles. The van der Waals surface area contributed by atoms with Crippen LogP contribution < -0.4 is 5.32 Å². The number of amidine groups is 1. The van der Waals surface area contributed by atoms with Crippen molar-refractivity contribution in [1.29, 1.82) is 5.41 Å². The standard InChI is InChI=1S/C31H40ClF2N5O2S/c1-20(33)9-5-4-6-10-25(35)28-26-18-22(36-14-8-7-11-27(40)41-3)19-39(26)30(31-38(2)15-16-42-31)37-29(28)23-13-12-21(34)17-24(23)32/h6,10,12-13,15-17,20,22,29,31,35-36H,4-5,7-9,11,14,18-19H2,1-3H3/b10-6-,35-25?/t20?,22-,29-,31?/m0/s1. The average molecular weight is 620 g/mol. The minimum Gasteiger partial charge on any atom is -0.469 e. The number of benzene rings is 1. The Bertz CT molecular complexity index is 1270. The Morgan fingerprint density at radius 3 is 2.86 bits per heavy atom. The first-order chi connectivity index (χ1) is 20.2. The zero-order chi connectivity index (χ0) is 30.2. The molecule has 2 unspecified atom stereocenters. The number of carbonyl (C=O) groups is 1. The number of allylic oxidation sites excluding steroid dienone is 2. The summed E-state index contributed by atoms with van der Waals surface area (Å²) in [6, 6.07) is 3.89. The van der Waals surface area contributed by atoms with E-state index < -0.39 is 18.0 Å². The monoisotopic (exact) mass is 619 g/mol. The number of methoxy groups -OCH3 is 1. The van der Waals surface area contributed by atoms with Gasteiger partial charge in [0.15, 0.2) is 0 Å². The SMILES string of the molecule is COC(=O)CCCCN[C@H]1CC2=C(C(=N)/C=C\CCCC(C)F)[C@H](c3ccc(F)cc3Cl)N=C(C3SC=CN3C)N2C1. The summed E-state index contributed by atoms with van der Waals surface area (Å²) in [7, 11) is 3.41. The largest absolute Gasteiger partial charge is 0.469 e. The number of rotatable bonds is 14. The normalized spacial score (nSPS) is 22.6. The van der Waals surface area contributed by atoms with Crippen molar-refractivity contribution >= 4 is 40.9 Å². The molecule has 3 aliphatic heterocycles. The van der Waals surface area contributed by atoms with Crippen molar-refractivity contribution in [1.82, 2.24) is 15.1 Å². The van der Waals surface area contributed by atoms with Crippen LogP contribution in [0.15, 0.2) is 58.2 Å². The van der Waals surface area contributed by atoms with Crippen LogP contribution in [0.25, 0.3) is 0 Å². The van der Waals surface area contributed by atoms with E-state index in [0.717, 1.165) is 36.5 Å². The minimum atomic E-state index is -0.850. The highest BCUT2D eigenvalue weighted by Crippen LogP contribution is 2.44. The Balaban J connectivity index is 1.65. The number of alkyl halides is 1. The van der Waals surface area contributed by atoms with E-state index in [0.29, 0.717) is 49.9 Å². The van der Waals surface area contributed by atoms with Crippen LogP contribution in [0.4, 0.5) is 8.78 Å². The molecule has 0 aliphatic carbocycles. The van der Waals surface area contributed by atoms with Gasteiger partial charge in [-0.1, -0.05) is 35.5 Å². The average Bonchev–Trinajstić information content (AvgIpc) is 3.57. The molecule has 3 aliphatic rings. The molecular weight excluding hydrogens is 580 g/mol. The summed E-state index contributed by atoms with van der Waals surface area (Å²) in [5.74, 6) is 0.247. The van der Waals surface area contributed by atoms with E-state index >= 15 is 0 Å². The van der Waals surface area contributed by atoms with E-state index in [1.807, 2.05) is 24.7 Å². The van der Waals surface area contributed by atoms with Gasteiger partial charge in [-0.05, 0) is 69.2 Å². The van der Waals surface area contributed by atoms with E-state index in [4.69, 9.17) is 26.7 Å². The van der Waals surface area contributed by atoms with Gasteiger partial charge in [-0.2, -0.15) is 0 Å². The fourth-order valence-corrected chi connectivity index (χ4v) is 6.72. The van der Waals surface area contributed by atoms with E-state index in [2.05, 4.69) is 15.1 Å². The maximum Gasteiger partial charge on any atom is 0.305 e. The van der Waals surface area contributed by atoms with Gasteiger partial charge in [0, 0.05) is 60.5 Å². The molecule has 7 nitrogen and oxygen atoms in total. The lowest BCUT2D eigenvalue weighted by Gasteiger charge is -2.37. The van der Waals surface area contributed by atoms with E-state index in [9.17, 15) is 13.6 Å². The number of aliphatic imine (C=N–C) groups is 1. The fraction of sp³-hybridized carbons (Fsp3) is 0.516. The molecule has 42 heavy (non-hydrogen) atoms. The highest BCUT2D eigenvalue weighted by molar-refractivity contribution is 8.03. The quantitative estimate of drug-likeness (QED) is 0.136. The second kappa shape index (κ2) is 15.2. The van der Waals surface area contributed by atoms with Gasteiger partial charge >= 0.3 is 5.97 Å². The Morgan fingerprint density at radius 1 is 1.36 bits per heavy atom. The number of fused-ring (bicyclic) bond motifs is 1. The molecule has 4 atom stereocenters. The molecule has 0 radical (unpaired) electrons. The fourth-order valence-electron chi connectivity index (χ4n) is 5.47. The number of nitrogens with one attached hydrogen (secondary N) is 2. The van der Waals surface area contributed by atoms with Gasteiger partial charge in [0.25, 0.3) is 0 Å². The molecule has 1 saturated heterocycles. The smallest absolute Gasteiger partial charge is 0.305 e. The molecule has 1 fully saturated rings. The van der Waals surface area contributed by atoms with Gasteiger partial charge in [0.05, 0.1) is 19.0 Å². The summed E-state index contributed by atoms with van der Waals surface area (Å²) < 4.78 is 32.1. The molecule has 0 spiro atoms. The number of hydrogen-bond acceptors (Lipinski definition) is 8. The van der Waals surface area contributed by atoms with Crippen molar-refractivity contribution in [3.8, 4) is 0 Å². The van der Waals surface area contributed by atoms with Crippen molar-refractivity contribution in [2.24, 2.45) is 4.99 Å². The van der Waals surface area contributed by atoms with Crippen LogP contribution in [0.5, 0.6) is 0 Å². The predicted molar refractivity (Wildman–Crippen MR) is 167 cm³/mol. The lowest BCUT2D eigenvalue weighted by molar-refractivity contribution is -0.140. The number of ether oxygens (including phenoxy) is 1. The number of halogens is 3. The third kappa shape index (κ3) is 8.02. The highest BCUT2D eigenvalue weighted by atomic mass is 35.5. The van der Waals surface area contributed by atoms with Crippen LogP contribution in [0, 0.1) is 11.2 Å². The number of carbonyl (C=O) groups excluding carboxylic acids is 1. The Kier molecular flexibility index (Phi) is 11.6. The molecule has 2 N–H and O–H groups in total. The molecule has 0 bridgehead atoms. The van der Waals surface area contributed by atoms with Crippen LogP contribution in [0.3, 0.4) is 0 Å². The second-order valence-electron chi connectivity index (χ2n) is 10.9. The van der Waals surface area contributed by atoms with E-state index in [1.165, 1.54) is 19.2 Å². The maximum absolute atomic E-state index is 14.1. The molecule has 1 aromatic rings. The van der Waals surface area contributed by atoms with Crippen molar-refractivity contribution in [2.75, 3.05) is 27.2 Å². The minimum absolute atomic E-state index is 0.0468. The first-order valence-electron chi connectivity index (χ1n) is 14.5. The second-order valence-corrected chi connectivity index (χ2v) is 12.3. The molecule has 3 heterocycles. The summed E-state index contributed by atoms with van der Waals surface area (Å²) >= 11 is 8.27. The van der Waals surface area contributed by atoms with Crippen molar-refractivity contribution < 1.29 is 18.3 Å². The van der Waals surface area contributed by atoms with Crippen LogP contribution in [-0.4, -0.2) is 72.2 Å².